The van der Waals surface area contributed by atoms with Crippen LogP contribution in [0.15, 0.2) is 0 Å². The number of nitrogens with zero attached hydrogens (tertiary/aromatic N) is 1. The Hall–Kier alpha value is -0.120. The molecule has 84 valence electrons. The van der Waals surface area contributed by atoms with Crippen LogP contribution in [-0.4, -0.2) is 47.8 Å². The summed E-state index contributed by atoms with van der Waals surface area (Å²) in [4.78, 5) is 2.35. The molecule has 0 aromatic carbocycles. The van der Waals surface area contributed by atoms with Crippen molar-refractivity contribution >= 4 is 0 Å². The van der Waals surface area contributed by atoms with Crippen LogP contribution in [0.25, 0.3) is 0 Å². The number of hydrogen-bond acceptors (Lipinski definition) is 3. The molecule has 3 nitrogen and oxygen atoms in total. The summed E-state index contributed by atoms with van der Waals surface area (Å²) in [5.74, 6) is 0.355. The lowest BCUT2D eigenvalue weighted by molar-refractivity contribution is 0.0527. The van der Waals surface area contributed by atoms with Crippen molar-refractivity contribution in [3.63, 3.8) is 0 Å². The zero-order valence-electron chi connectivity index (χ0n) is 9.88. The first kappa shape index (κ1) is 12.0. The summed E-state index contributed by atoms with van der Waals surface area (Å²) in [6.07, 6.45) is -0.191. The molecule has 0 spiro atoms. The van der Waals surface area contributed by atoms with Crippen LogP contribution in [-0.2, 0) is 0 Å². The Balaban J connectivity index is 2.38. The number of nitrogens with one attached hydrogen (secondary N) is 1. The van der Waals surface area contributed by atoms with Gasteiger partial charge in [-0.05, 0) is 19.8 Å². The fraction of sp³-hybridized carbons (Fsp3) is 1.00. The zero-order valence-corrected chi connectivity index (χ0v) is 9.88. The number of rotatable bonds is 3. The molecule has 0 aromatic heterocycles. The number of piperazine rings is 1. The van der Waals surface area contributed by atoms with Crippen molar-refractivity contribution in [2.45, 2.75) is 39.3 Å². The average molecular weight is 200 g/mol. The van der Waals surface area contributed by atoms with Crippen molar-refractivity contribution in [3.8, 4) is 0 Å². The largest absolute Gasteiger partial charge is 0.392 e. The topological polar surface area (TPSA) is 35.5 Å². The maximum Gasteiger partial charge on any atom is 0.0689 e. The predicted molar refractivity (Wildman–Crippen MR) is 59.4 cm³/mol. The SMILES string of the molecule is CC(C)C(O)CN1CCNC(C)(C)C1. The summed E-state index contributed by atoms with van der Waals surface area (Å²) in [6.45, 7) is 12.5. The van der Waals surface area contributed by atoms with E-state index in [1.807, 2.05) is 0 Å². The molecular formula is C11H24N2O. The normalized spacial score (nSPS) is 25.3. The van der Waals surface area contributed by atoms with Gasteiger partial charge in [0.05, 0.1) is 6.10 Å². The summed E-state index contributed by atoms with van der Waals surface area (Å²) in [5.41, 5.74) is 0.189. The van der Waals surface area contributed by atoms with Crippen LogP contribution in [0.2, 0.25) is 0 Å². The van der Waals surface area contributed by atoms with Crippen molar-refractivity contribution in [2.75, 3.05) is 26.2 Å². The minimum Gasteiger partial charge on any atom is -0.392 e. The van der Waals surface area contributed by atoms with Gasteiger partial charge in [-0.2, -0.15) is 0 Å². The maximum absolute atomic E-state index is 9.79. The first-order valence-electron chi connectivity index (χ1n) is 5.56. The number of aliphatic hydroxyl groups excluding tert-OH is 1. The highest BCUT2D eigenvalue weighted by atomic mass is 16.3. The van der Waals surface area contributed by atoms with Gasteiger partial charge < -0.3 is 10.4 Å². The maximum atomic E-state index is 9.79. The predicted octanol–water partition coefficient (Wildman–Crippen LogP) is 0.687. The minimum atomic E-state index is -0.191. The standard InChI is InChI=1S/C11H24N2O/c1-9(2)10(14)7-13-6-5-12-11(3,4)8-13/h9-10,12,14H,5-8H2,1-4H3. The van der Waals surface area contributed by atoms with Gasteiger partial charge in [-0.15, -0.1) is 0 Å². The second-order valence-electron chi connectivity index (χ2n) is 5.36. The summed E-state index contributed by atoms with van der Waals surface area (Å²) in [5, 5.41) is 13.3. The Kier molecular flexibility index (Phi) is 3.93. The third-order valence-corrected chi connectivity index (χ3v) is 2.87. The molecule has 3 heteroatoms. The number of aliphatic hydroxyl groups is 1. The molecule has 0 radical (unpaired) electrons. The van der Waals surface area contributed by atoms with E-state index in [1.165, 1.54) is 0 Å². The summed E-state index contributed by atoms with van der Waals surface area (Å²) in [6, 6.07) is 0. The van der Waals surface area contributed by atoms with Gasteiger partial charge in [0.1, 0.15) is 0 Å². The second-order valence-corrected chi connectivity index (χ2v) is 5.36. The average Bonchev–Trinajstić information content (AvgIpc) is 2.01. The third kappa shape index (κ3) is 3.56. The van der Waals surface area contributed by atoms with Crippen LogP contribution in [0, 0.1) is 5.92 Å². The van der Waals surface area contributed by atoms with Crippen molar-refractivity contribution in [1.29, 1.82) is 0 Å². The number of hydrogen-bond donors (Lipinski definition) is 2. The quantitative estimate of drug-likeness (QED) is 0.703. The molecule has 1 saturated heterocycles. The van der Waals surface area contributed by atoms with Crippen molar-refractivity contribution in [1.82, 2.24) is 10.2 Å². The van der Waals surface area contributed by atoms with E-state index in [0.29, 0.717) is 5.92 Å². The van der Waals surface area contributed by atoms with Crippen LogP contribution in [0.1, 0.15) is 27.7 Å². The molecule has 0 aliphatic carbocycles. The molecule has 1 heterocycles. The molecule has 0 bridgehead atoms. The van der Waals surface area contributed by atoms with E-state index in [0.717, 1.165) is 26.2 Å². The van der Waals surface area contributed by atoms with Crippen molar-refractivity contribution in [3.05, 3.63) is 0 Å². The van der Waals surface area contributed by atoms with Gasteiger partial charge in [0, 0.05) is 31.7 Å². The molecule has 1 unspecified atom stereocenters. The molecular weight excluding hydrogens is 176 g/mol. The fourth-order valence-electron chi connectivity index (χ4n) is 1.88. The van der Waals surface area contributed by atoms with Crippen LogP contribution >= 0.6 is 0 Å². The lowest BCUT2D eigenvalue weighted by Gasteiger charge is -2.40. The Labute approximate surface area is 87.5 Å². The van der Waals surface area contributed by atoms with Crippen molar-refractivity contribution in [2.24, 2.45) is 5.92 Å². The van der Waals surface area contributed by atoms with Crippen molar-refractivity contribution < 1.29 is 5.11 Å². The smallest absolute Gasteiger partial charge is 0.0689 e. The van der Waals surface area contributed by atoms with Crippen LogP contribution in [0.5, 0.6) is 0 Å². The molecule has 1 fully saturated rings. The van der Waals surface area contributed by atoms with E-state index in [1.54, 1.807) is 0 Å². The van der Waals surface area contributed by atoms with Crippen LogP contribution in [0.4, 0.5) is 0 Å². The number of β-amino-alcohol motifs (C(OH)–C–C–N with tert-alkyl or cyclic N) is 1. The van der Waals surface area contributed by atoms with Gasteiger partial charge in [-0.3, -0.25) is 4.90 Å². The summed E-state index contributed by atoms with van der Waals surface area (Å²) >= 11 is 0. The summed E-state index contributed by atoms with van der Waals surface area (Å²) < 4.78 is 0. The molecule has 0 saturated carbocycles. The van der Waals surface area contributed by atoms with E-state index < -0.39 is 0 Å². The molecule has 14 heavy (non-hydrogen) atoms. The molecule has 0 amide bonds. The Morgan fingerprint density at radius 1 is 1.43 bits per heavy atom. The van der Waals surface area contributed by atoms with Gasteiger partial charge in [-0.1, -0.05) is 13.8 Å². The van der Waals surface area contributed by atoms with Gasteiger partial charge in [0.25, 0.3) is 0 Å². The zero-order chi connectivity index (χ0) is 10.8. The first-order chi connectivity index (χ1) is 6.41. The Bertz CT molecular complexity index is 180. The van der Waals surface area contributed by atoms with Crippen LogP contribution in [0.3, 0.4) is 0 Å². The third-order valence-electron chi connectivity index (χ3n) is 2.87. The highest BCUT2D eigenvalue weighted by Crippen LogP contribution is 2.12. The lowest BCUT2D eigenvalue weighted by atomic mass is 10.0. The fourth-order valence-corrected chi connectivity index (χ4v) is 1.88. The first-order valence-corrected chi connectivity index (χ1v) is 5.56. The lowest BCUT2D eigenvalue weighted by Crippen LogP contribution is -2.58. The molecule has 0 aromatic rings. The molecule has 1 rings (SSSR count). The van der Waals surface area contributed by atoms with Crippen LogP contribution < -0.4 is 5.32 Å². The monoisotopic (exact) mass is 200 g/mol. The van der Waals surface area contributed by atoms with Gasteiger partial charge >= 0.3 is 0 Å². The Morgan fingerprint density at radius 2 is 2.07 bits per heavy atom. The Morgan fingerprint density at radius 3 is 2.57 bits per heavy atom. The van der Waals surface area contributed by atoms with E-state index in [4.69, 9.17) is 0 Å². The van der Waals surface area contributed by atoms with Gasteiger partial charge in [0.15, 0.2) is 0 Å². The molecule has 1 aliphatic heterocycles. The molecule has 2 N–H and O–H groups in total. The van der Waals surface area contributed by atoms with Gasteiger partial charge in [-0.25, -0.2) is 0 Å². The highest BCUT2D eigenvalue weighted by molar-refractivity contribution is 4.87. The van der Waals surface area contributed by atoms with Gasteiger partial charge in [0.2, 0.25) is 0 Å². The molecule has 1 aliphatic rings. The highest BCUT2D eigenvalue weighted by Gasteiger charge is 2.27. The van der Waals surface area contributed by atoms with E-state index >= 15 is 0 Å². The molecule has 1 atom stereocenters. The van der Waals surface area contributed by atoms with E-state index in [-0.39, 0.29) is 11.6 Å². The minimum absolute atomic E-state index is 0.189. The van der Waals surface area contributed by atoms with E-state index in [9.17, 15) is 5.11 Å². The van der Waals surface area contributed by atoms with E-state index in [2.05, 4.69) is 37.9 Å². The summed E-state index contributed by atoms with van der Waals surface area (Å²) in [7, 11) is 0. The second kappa shape index (κ2) is 4.60.